The van der Waals surface area contributed by atoms with Gasteiger partial charge in [-0.15, -0.1) is 0 Å². The highest BCUT2D eigenvalue weighted by molar-refractivity contribution is 6.42. The molecule has 0 aromatic heterocycles. The molecule has 0 saturated carbocycles. The average Bonchev–Trinajstić information content (AvgIpc) is 2.67. The van der Waals surface area contributed by atoms with E-state index in [1.165, 1.54) is 0 Å². The fraction of sp³-hybridized carbons (Fsp3) is 0.0500. The van der Waals surface area contributed by atoms with E-state index in [0.29, 0.717) is 5.56 Å². The Kier molecular flexibility index (Phi) is 4.03. The van der Waals surface area contributed by atoms with Crippen molar-refractivity contribution in [3.63, 3.8) is 0 Å². The Bertz CT molecular complexity index is 1140. The van der Waals surface area contributed by atoms with Crippen LogP contribution in [-0.4, -0.2) is 11.6 Å². The van der Waals surface area contributed by atoms with Crippen LogP contribution in [0.15, 0.2) is 65.3 Å². The van der Waals surface area contributed by atoms with Crippen LogP contribution in [0.4, 0.5) is 0 Å². The first-order chi connectivity index (χ1) is 13.0. The third kappa shape index (κ3) is 2.46. The fourth-order valence-electron chi connectivity index (χ4n) is 3.36. The van der Waals surface area contributed by atoms with Crippen molar-refractivity contribution in [1.29, 1.82) is 5.26 Å². The second-order valence-corrected chi connectivity index (χ2v) is 6.80. The third-order valence-corrected chi connectivity index (χ3v) is 5.41. The Labute approximate surface area is 164 Å². The third-order valence-electron chi connectivity index (χ3n) is 4.58. The highest BCUT2D eigenvalue weighted by Crippen LogP contribution is 2.46. The molecule has 2 aliphatic rings. The molecular formula is C20H10Cl2N2O3. The molecular weight excluding hydrogens is 387 g/mol. The van der Waals surface area contributed by atoms with Gasteiger partial charge in [-0.3, -0.25) is 9.59 Å². The lowest BCUT2D eigenvalue weighted by Gasteiger charge is -2.31. The van der Waals surface area contributed by atoms with Crippen LogP contribution in [0.5, 0.6) is 0 Å². The minimum Gasteiger partial charge on any atom is -0.436 e. The number of hydrogen-bond donors (Lipinski definition) is 1. The van der Waals surface area contributed by atoms with E-state index in [1.54, 1.807) is 42.5 Å². The number of allylic oxidation sites excluding steroid dienone is 3. The zero-order valence-corrected chi connectivity index (χ0v) is 15.1. The number of nitrogens with two attached hydrogens (primary N) is 1. The molecule has 0 bridgehead atoms. The molecule has 7 heteroatoms. The van der Waals surface area contributed by atoms with Crippen LogP contribution in [0.2, 0.25) is 10.0 Å². The number of benzene rings is 2. The lowest BCUT2D eigenvalue weighted by Crippen LogP contribution is -2.32. The van der Waals surface area contributed by atoms with Gasteiger partial charge in [0.05, 0.1) is 21.5 Å². The standard InChI is InChI=1S/C20H10Cl2N2O3/c21-13-7-3-6-11(16(13)22)14-12(8-23)20(24)27-19-15(14)17(25)9-4-1-2-5-10(9)18(19)26/h1-7,14H,24H2. The van der Waals surface area contributed by atoms with Crippen LogP contribution in [-0.2, 0) is 4.74 Å². The number of Topliss-reactive ketones (excluding diaryl/α,β-unsaturated/α-hetero) is 2. The van der Waals surface area contributed by atoms with Gasteiger partial charge >= 0.3 is 0 Å². The SMILES string of the molecule is N#CC1=C(N)OC2=C(C(=O)c3ccccc3C2=O)C1c1cccc(Cl)c1Cl. The molecule has 0 radical (unpaired) electrons. The van der Waals surface area contributed by atoms with Gasteiger partial charge in [0, 0.05) is 11.1 Å². The summed E-state index contributed by atoms with van der Waals surface area (Å²) in [5.74, 6) is -2.26. The highest BCUT2D eigenvalue weighted by atomic mass is 35.5. The van der Waals surface area contributed by atoms with Crippen molar-refractivity contribution in [2.45, 2.75) is 5.92 Å². The molecule has 2 aromatic carbocycles. The first-order valence-corrected chi connectivity index (χ1v) is 8.65. The average molecular weight is 397 g/mol. The van der Waals surface area contributed by atoms with E-state index < -0.39 is 17.5 Å². The molecule has 1 heterocycles. The van der Waals surface area contributed by atoms with E-state index in [9.17, 15) is 14.9 Å². The normalized spacial score (nSPS) is 18.6. The molecule has 4 rings (SSSR count). The first-order valence-electron chi connectivity index (χ1n) is 7.89. The summed E-state index contributed by atoms with van der Waals surface area (Å²) in [6, 6.07) is 13.3. The highest BCUT2D eigenvalue weighted by Gasteiger charge is 2.44. The molecule has 5 nitrogen and oxygen atoms in total. The minimum atomic E-state index is -0.949. The lowest BCUT2D eigenvalue weighted by atomic mass is 9.75. The minimum absolute atomic E-state index is 0.00144. The summed E-state index contributed by atoms with van der Waals surface area (Å²) in [6.07, 6.45) is 0. The molecule has 0 saturated heterocycles. The maximum absolute atomic E-state index is 13.2. The fourth-order valence-corrected chi connectivity index (χ4v) is 3.78. The number of rotatable bonds is 1. The first kappa shape index (κ1) is 17.3. The van der Waals surface area contributed by atoms with Crippen molar-refractivity contribution < 1.29 is 14.3 Å². The van der Waals surface area contributed by atoms with Gasteiger partial charge in [0.15, 0.2) is 11.5 Å². The van der Waals surface area contributed by atoms with Crippen molar-refractivity contribution in [1.82, 2.24) is 0 Å². The Morgan fingerprint density at radius 1 is 1.00 bits per heavy atom. The van der Waals surface area contributed by atoms with E-state index in [2.05, 4.69) is 0 Å². The zero-order chi connectivity index (χ0) is 19.3. The van der Waals surface area contributed by atoms with E-state index in [0.717, 1.165) is 0 Å². The van der Waals surface area contributed by atoms with Gasteiger partial charge in [0.25, 0.3) is 0 Å². The molecule has 0 fully saturated rings. The van der Waals surface area contributed by atoms with Crippen LogP contribution in [0.3, 0.4) is 0 Å². The largest absolute Gasteiger partial charge is 0.436 e. The van der Waals surface area contributed by atoms with Gasteiger partial charge in [0.1, 0.15) is 11.6 Å². The molecule has 0 amide bonds. The molecule has 1 atom stereocenters. The van der Waals surface area contributed by atoms with Gasteiger partial charge in [-0.2, -0.15) is 5.26 Å². The number of carbonyl (C=O) groups excluding carboxylic acids is 2. The number of nitrogens with zero attached hydrogens (tertiary/aromatic N) is 1. The van der Waals surface area contributed by atoms with E-state index in [-0.39, 0.29) is 44.0 Å². The maximum atomic E-state index is 13.2. The van der Waals surface area contributed by atoms with Gasteiger partial charge < -0.3 is 10.5 Å². The van der Waals surface area contributed by atoms with Gasteiger partial charge in [-0.05, 0) is 11.6 Å². The number of ketones is 2. The van der Waals surface area contributed by atoms with Crippen LogP contribution in [0.25, 0.3) is 0 Å². The number of halogens is 2. The Balaban J connectivity index is 2.02. The number of carbonyl (C=O) groups is 2. The van der Waals surface area contributed by atoms with E-state index in [4.69, 9.17) is 33.7 Å². The van der Waals surface area contributed by atoms with Crippen LogP contribution >= 0.6 is 23.2 Å². The molecule has 132 valence electrons. The van der Waals surface area contributed by atoms with Crippen molar-refractivity contribution in [3.05, 3.63) is 92.0 Å². The predicted molar refractivity (Wildman–Crippen MR) is 99.2 cm³/mol. The van der Waals surface area contributed by atoms with E-state index >= 15 is 0 Å². The summed E-state index contributed by atoms with van der Waals surface area (Å²) in [4.78, 5) is 26.1. The number of fused-ring (bicyclic) bond motifs is 1. The molecule has 2 aromatic rings. The zero-order valence-electron chi connectivity index (χ0n) is 13.6. The van der Waals surface area contributed by atoms with Gasteiger partial charge in [-0.1, -0.05) is 59.6 Å². The van der Waals surface area contributed by atoms with Crippen molar-refractivity contribution >= 4 is 34.8 Å². The smallest absolute Gasteiger partial charge is 0.229 e. The Morgan fingerprint density at radius 2 is 1.67 bits per heavy atom. The maximum Gasteiger partial charge on any atom is 0.229 e. The molecule has 27 heavy (non-hydrogen) atoms. The number of ether oxygens (including phenoxy) is 1. The summed E-state index contributed by atoms with van der Waals surface area (Å²) in [5.41, 5.74) is 6.81. The predicted octanol–water partition coefficient (Wildman–Crippen LogP) is 4.13. The van der Waals surface area contributed by atoms with Crippen molar-refractivity contribution in [2.75, 3.05) is 0 Å². The summed E-state index contributed by atoms with van der Waals surface area (Å²) < 4.78 is 5.42. The monoisotopic (exact) mass is 396 g/mol. The molecule has 1 aliphatic carbocycles. The van der Waals surface area contributed by atoms with Crippen LogP contribution in [0.1, 0.15) is 32.2 Å². The summed E-state index contributed by atoms with van der Waals surface area (Å²) in [6.45, 7) is 0. The van der Waals surface area contributed by atoms with Gasteiger partial charge in [0.2, 0.25) is 11.7 Å². The summed E-state index contributed by atoms with van der Waals surface area (Å²) >= 11 is 12.5. The van der Waals surface area contributed by atoms with Crippen molar-refractivity contribution in [2.24, 2.45) is 5.73 Å². The van der Waals surface area contributed by atoms with Crippen LogP contribution < -0.4 is 5.73 Å². The second-order valence-electron chi connectivity index (χ2n) is 6.01. The van der Waals surface area contributed by atoms with Gasteiger partial charge in [-0.25, -0.2) is 0 Å². The number of nitriles is 1. The van der Waals surface area contributed by atoms with Crippen molar-refractivity contribution in [3.8, 4) is 6.07 Å². The molecule has 1 aliphatic heterocycles. The van der Waals surface area contributed by atoms with E-state index in [1.807, 2.05) is 6.07 Å². The molecule has 1 unspecified atom stereocenters. The molecule has 0 spiro atoms. The summed E-state index contributed by atoms with van der Waals surface area (Å²) in [7, 11) is 0. The summed E-state index contributed by atoms with van der Waals surface area (Å²) in [5, 5.41) is 10.1. The van der Waals surface area contributed by atoms with Crippen LogP contribution in [0, 0.1) is 11.3 Å². The molecule has 2 N–H and O–H groups in total. The quantitative estimate of drug-likeness (QED) is 0.781. The second kappa shape index (κ2) is 6.27. The lowest BCUT2D eigenvalue weighted by molar-refractivity contribution is 0.0897. The number of hydrogen-bond acceptors (Lipinski definition) is 5. The topological polar surface area (TPSA) is 93.2 Å². The Hall–Kier alpha value is -3.07. The Morgan fingerprint density at radius 3 is 2.33 bits per heavy atom.